The second kappa shape index (κ2) is 6.39. The summed E-state index contributed by atoms with van der Waals surface area (Å²) in [6.07, 6.45) is 2.83. The normalized spacial score (nSPS) is 19.0. The number of aromatic amines is 1. The van der Waals surface area contributed by atoms with Crippen molar-refractivity contribution in [2.45, 2.75) is 18.9 Å². The lowest BCUT2D eigenvalue weighted by molar-refractivity contribution is -0.121. The molecule has 5 nitrogen and oxygen atoms in total. The molecule has 1 aromatic carbocycles. The zero-order valence-electron chi connectivity index (χ0n) is 11.9. The Balaban J connectivity index is 1.70. The molecule has 2 heterocycles. The van der Waals surface area contributed by atoms with Gasteiger partial charge in [-0.15, -0.1) is 0 Å². The molecule has 0 radical (unpaired) electrons. The lowest BCUT2D eigenvalue weighted by atomic mass is 10.00. The van der Waals surface area contributed by atoms with Crippen molar-refractivity contribution >= 4 is 28.4 Å². The third kappa shape index (κ3) is 3.08. The van der Waals surface area contributed by atoms with Gasteiger partial charge in [0.05, 0.1) is 19.1 Å². The maximum absolute atomic E-state index is 12.2. The smallest absolute Gasteiger partial charge is 0.225 e. The lowest BCUT2D eigenvalue weighted by Gasteiger charge is -2.16. The third-order valence-corrected chi connectivity index (χ3v) is 4.21. The SMILES string of the molecule is N#C[C@@H](NC(=O)Cc1c[nH]c2ccc(Cl)cc12)[C@H]1CCOC1. The molecule has 1 aliphatic heterocycles. The molecule has 22 heavy (non-hydrogen) atoms. The first-order chi connectivity index (χ1) is 10.7. The van der Waals surface area contributed by atoms with Crippen molar-refractivity contribution in [3.8, 4) is 6.07 Å². The number of halogens is 1. The van der Waals surface area contributed by atoms with Crippen LogP contribution >= 0.6 is 11.6 Å². The molecule has 1 fully saturated rings. The number of benzene rings is 1. The van der Waals surface area contributed by atoms with Gasteiger partial charge in [-0.05, 0) is 30.2 Å². The van der Waals surface area contributed by atoms with Gasteiger partial charge in [-0.3, -0.25) is 4.79 Å². The zero-order valence-corrected chi connectivity index (χ0v) is 12.7. The van der Waals surface area contributed by atoms with Crippen LogP contribution in [0.4, 0.5) is 0 Å². The fourth-order valence-electron chi connectivity index (χ4n) is 2.77. The van der Waals surface area contributed by atoms with Crippen molar-refractivity contribution in [1.29, 1.82) is 5.26 Å². The summed E-state index contributed by atoms with van der Waals surface area (Å²) in [5.41, 5.74) is 1.81. The number of nitrogens with zero attached hydrogens (tertiary/aromatic N) is 1. The highest BCUT2D eigenvalue weighted by atomic mass is 35.5. The number of fused-ring (bicyclic) bond motifs is 1. The van der Waals surface area contributed by atoms with E-state index in [0.717, 1.165) is 22.9 Å². The Morgan fingerprint density at radius 3 is 3.18 bits per heavy atom. The second-order valence-corrected chi connectivity index (χ2v) is 5.91. The Bertz CT molecular complexity index is 729. The topological polar surface area (TPSA) is 77.9 Å². The highest BCUT2D eigenvalue weighted by molar-refractivity contribution is 6.31. The van der Waals surface area contributed by atoms with Crippen LogP contribution in [0.2, 0.25) is 5.02 Å². The first-order valence-electron chi connectivity index (χ1n) is 7.19. The average molecular weight is 318 g/mol. The molecule has 1 aliphatic rings. The minimum atomic E-state index is -0.496. The summed E-state index contributed by atoms with van der Waals surface area (Å²) in [5.74, 6) is -0.0920. The van der Waals surface area contributed by atoms with Crippen LogP contribution in [-0.2, 0) is 16.0 Å². The van der Waals surface area contributed by atoms with E-state index in [0.29, 0.717) is 18.2 Å². The maximum Gasteiger partial charge on any atom is 0.225 e. The van der Waals surface area contributed by atoms with Gasteiger partial charge in [-0.25, -0.2) is 0 Å². The minimum absolute atomic E-state index is 0.0753. The van der Waals surface area contributed by atoms with E-state index in [-0.39, 0.29) is 18.2 Å². The summed E-state index contributed by atoms with van der Waals surface area (Å²) in [7, 11) is 0. The molecule has 2 N–H and O–H groups in total. The van der Waals surface area contributed by atoms with Gasteiger partial charge < -0.3 is 15.0 Å². The molecular formula is C16H16ClN3O2. The molecule has 0 unspecified atom stereocenters. The molecule has 0 saturated carbocycles. The van der Waals surface area contributed by atoms with E-state index in [1.807, 2.05) is 12.1 Å². The van der Waals surface area contributed by atoms with Crippen molar-refractivity contribution in [2.24, 2.45) is 5.92 Å². The van der Waals surface area contributed by atoms with Gasteiger partial charge in [-0.1, -0.05) is 11.6 Å². The predicted molar refractivity (Wildman–Crippen MR) is 83.5 cm³/mol. The van der Waals surface area contributed by atoms with E-state index in [9.17, 15) is 10.1 Å². The van der Waals surface area contributed by atoms with Crippen LogP contribution in [0.25, 0.3) is 10.9 Å². The van der Waals surface area contributed by atoms with Crippen LogP contribution in [0.1, 0.15) is 12.0 Å². The lowest BCUT2D eigenvalue weighted by Crippen LogP contribution is -2.40. The molecule has 6 heteroatoms. The second-order valence-electron chi connectivity index (χ2n) is 5.48. The molecule has 1 amide bonds. The van der Waals surface area contributed by atoms with E-state index in [4.69, 9.17) is 16.3 Å². The number of nitriles is 1. The van der Waals surface area contributed by atoms with Crippen LogP contribution < -0.4 is 5.32 Å². The first-order valence-corrected chi connectivity index (χ1v) is 7.57. The van der Waals surface area contributed by atoms with Gasteiger partial charge in [-0.2, -0.15) is 5.26 Å². The van der Waals surface area contributed by atoms with E-state index in [2.05, 4.69) is 16.4 Å². The molecule has 2 aromatic rings. The van der Waals surface area contributed by atoms with Crippen molar-refractivity contribution in [2.75, 3.05) is 13.2 Å². The quantitative estimate of drug-likeness (QED) is 0.909. The van der Waals surface area contributed by atoms with Gasteiger partial charge in [0.15, 0.2) is 0 Å². The fourth-order valence-corrected chi connectivity index (χ4v) is 2.94. The molecule has 114 valence electrons. The molecule has 1 saturated heterocycles. The van der Waals surface area contributed by atoms with Gasteiger partial charge in [0, 0.05) is 34.6 Å². The van der Waals surface area contributed by atoms with E-state index >= 15 is 0 Å². The van der Waals surface area contributed by atoms with E-state index in [1.165, 1.54) is 0 Å². The summed E-state index contributed by atoms with van der Waals surface area (Å²) < 4.78 is 5.28. The highest BCUT2D eigenvalue weighted by Crippen LogP contribution is 2.23. The molecule has 1 aromatic heterocycles. The van der Waals surface area contributed by atoms with Crippen LogP contribution in [0.3, 0.4) is 0 Å². The average Bonchev–Trinajstić information content (AvgIpc) is 3.15. The number of carbonyl (C=O) groups is 1. The molecular weight excluding hydrogens is 302 g/mol. The summed E-state index contributed by atoms with van der Waals surface area (Å²) in [5, 5.41) is 13.6. The summed E-state index contributed by atoms with van der Waals surface area (Å²) in [4.78, 5) is 15.3. The Morgan fingerprint density at radius 1 is 1.59 bits per heavy atom. The summed E-state index contributed by atoms with van der Waals surface area (Å²) in [6, 6.07) is 7.18. The third-order valence-electron chi connectivity index (χ3n) is 3.97. The number of aromatic nitrogens is 1. The van der Waals surface area contributed by atoms with Gasteiger partial charge in [0.1, 0.15) is 6.04 Å². The van der Waals surface area contributed by atoms with Crippen LogP contribution in [0.15, 0.2) is 24.4 Å². The Hall–Kier alpha value is -2.03. The number of ether oxygens (including phenoxy) is 1. The number of amides is 1. The van der Waals surface area contributed by atoms with Gasteiger partial charge in [0.25, 0.3) is 0 Å². The Labute approximate surface area is 133 Å². The standard InChI is InChI=1S/C16H16ClN3O2/c17-12-1-2-14-13(6-12)11(8-19-14)5-16(21)20-15(7-18)10-3-4-22-9-10/h1-2,6,8,10,15,19H,3-5,9H2,(H,20,21)/t10-,15+/m0/s1. The monoisotopic (exact) mass is 317 g/mol. The number of rotatable bonds is 4. The van der Waals surface area contributed by atoms with Crippen molar-refractivity contribution in [3.05, 3.63) is 35.0 Å². The van der Waals surface area contributed by atoms with E-state index < -0.39 is 6.04 Å². The van der Waals surface area contributed by atoms with Gasteiger partial charge >= 0.3 is 0 Å². The summed E-state index contributed by atoms with van der Waals surface area (Å²) in [6.45, 7) is 1.18. The van der Waals surface area contributed by atoms with E-state index in [1.54, 1.807) is 12.3 Å². The van der Waals surface area contributed by atoms with Gasteiger partial charge in [0.2, 0.25) is 5.91 Å². The van der Waals surface area contributed by atoms with Crippen molar-refractivity contribution in [3.63, 3.8) is 0 Å². The highest BCUT2D eigenvalue weighted by Gasteiger charge is 2.27. The Morgan fingerprint density at radius 2 is 2.45 bits per heavy atom. The van der Waals surface area contributed by atoms with Crippen LogP contribution in [0, 0.1) is 17.2 Å². The molecule has 0 bridgehead atoms. The largest absolute Gasteiger partial charge is 0.381 e. The van der Waals surface area contributed by atoms with Crippen LogP contribution in [-0.4, -0.2) is 30.1 Å². The number of H-pyrrole nitrogens is 1. The number of carbonyl (C=O) groups excluding carboxylic acids is 1. The number of hydrogen-bond donors (Lipinski definition) is 2. The summed E-state index contributed by atoms with van der Waals surface area (Å²) >= 11 is 6.01. The number of hydrogen-bond acceptors (Lipinski definition) is 3. The zero-order chi connectivity index (χ0) is 15.5. The molecule has 0 spiro atoms. The molecule has 2 atom stereocenters. The van der Waals surface area contributed by atoms with Crippen LogP contribution in [0.5, 0.6) is 0 Å². The van der Waals surface area contributed by atoms with Crippen molar-refractivity contribution in [1.82, 2.24) is 10.3 Å². The fraction of sp³-hybridized carbons (Fsp3) is 0.375. The maximum atomic E-state index is 12.2. The van der Waals surface area contributed by atoms with Crippen molar-refractivity contribution < 1.29 is 9.53 Å². The predicted octanol–water partition coefficient (Wildman–Crippen LogP) is 2.41. The number of nitrogens with one attached hydrogen (secondary N) is 2. The molecule has 3 rings (SSSR count). The molecule has 0 aliphatic carbocycles. The Kier molecular flexibility index (Phi) is 4.32. The first kappa shape index (κ1) is 14.9. The minimum Gasteiger partial charge on any atom is -0.381 e.